The second kappa shape index (κ2) is 7.85. The number of nitrogens with zero attached hydrogens (tertiary/aromatic N) is 3. The molecule has 1 amide bonds. The molecule has 25 heavy (non-hydrogen) atoms. The molecule has 126 valence electrons. The molecule has 0 aliphatic rings. The van der Waals surface area contributed by atoms with Gasteiger partial charge in [0.05, 0.1) is 12.8 Å². The van der Waals surface area contributed by atoms with E-state index in [9.17, 15) is 9.18 Å². The molecular formula is C18H14BrFN4O. The van der Waals surface area contributed by atoms with E-state index in [1.165, 1.54) is 18.3 Å². The fourth-order valence-corrected chi connectivity index (χ4v) is 2.61. The molecule has 0 atom stereocenters. The van der Waals surface area contributed by atoms with Gasteiger partial charge in [-0.1, -0.05) is 40.2 Å². The Bertz CT molecular complexity index is 905. The number of hydrogen-bond donors (Lipinski definition) is 1. The molecule has 2 aromatic carbocycles. The lowest BCUT2D eigenvalue weighted by Gasteiger charge is -2.02. The van der Waals surface area contributed by atoms with Crippen LogP contribution in [0, 0.1) is 5.82 Å². The van der Waals surface area contributed by atoms with Crippen LogP contribution in [0.3, 0.4) is 0 Å². The van der Waals surface area contributed by atoms with E-state index in [0.717, 1.165) is 10.0 Å². The van der Waals surface area contributed by atoms with Gasteiger partial charge in [-0.2, -0.15) is 10.2 Å². The minimum Gasteiger partial charge on any atom is -0.268 e. The molecular weight excluding hydrogens is 387 g/mol. The minimum atomic E-state index is -0.411. The number of hydrogen-bond acceptors (Lipinski definition) is 3. The van der Waals surface area contributed by atoms with Crippen molar-refractivity contribution in [2.45, 2.75) is 6.54 Å². The van der Waals surface area contributed by atoms with Gasteiger partial charge in [-0.15, -0.1) is 0 Å². The van der Waals surface area contributed by atoms with Crippen molar-refractivity contribution in [3.63, 3.8) is 0 Å². The zero-order chi connectivity index (χ0) is 17.6. The average Bonchev–Trinajstić information content (AvgIpc) is 3.05. The number of halogens is 2. The average molecular weight is 401 g/mol. The molecule has 7 heteroatoms. The van der Waals surface area contributed by atoms with E-state index in [2.05, 4.69) is 31.6 Å². The Hall–Kier alpha value is -2.80. The molecule has 0 spiro atoms. The maximum absolute atomic E-state index is 12.8. The topological polar surface area (TPSA) is 59.3 Å². The molecule has 0 fully saturated rings. The van der Waals surface area contributed by atoms with E-state index >= 15 is 0 Å². The van der Waals surface area contributed by atoms with Crippen LogP contribution in [0.4, 0.5) is 4.39 Å². The molecule has 3 rings (SSSR count). The largest absolute Gasteiger partial charge is 0.291 e. The predicted octanol–water partition coefficient (Wildman–Crippen LogP) is 3.60. The van der Waals surface area contributed by atoms with Gasteiger partial charge in [0, 0.05) is 10.7 Å². The third-order valence-electron chi connectivity index (χ3n) is 3.36. The van der Waals surface area contributed by atoms with Crippen LogP contribution in [0.5, 0.6) is 0 Å². The number of carbonyl (C=O) groups is 1. The molecule has 0 saturated carbocycles. The normalized spacial score (nSPS) is 11.0. The van der Waals surface area contributed by atoms with Crippen molar-refractivity contribution in [3.8, 4) is 0 Å². The summed E-state index contributed by atoms with van der Waals surface area (Å²) in [4.78, 5) is 12.0. The van der Waals surface area contributed by atoms with Gasteiger partial charge in [0.25, 0.3) is 5.91 Å². The van der Waals surface area contributed by atoms with Crippen molar-refractivity contribution in [2.24, 2.45) is 5.10 Å². The molecule has 0 aliphatic carbocycles. The highest BCUT2D eigenvalue weighted by Crippen LogP contribution is 2.12. The molecule has 0 aliphatic heterocycles. The molecule has 0 bridgehead atoms. The Morgan fingerprint density at radius 1 is 1.24 bits per heavy atom. The van der Waals surface area contributed by atoms with E-state index in [4.69, 9.17) is 0 Å². The van der Waals surface area contributed by atoms with E-state index in [-0.39, 0.29) is 11.5 Å². The van der Waals surface area contributed by atoms with Gasteiger partial charge >= 0.3 is 0 Å². The van der Waals surface area contributed by atoms with Crippen LogP contribution in [0.15, 0.2) is 70.4 Å². The number of aromatic nitrogens is 2. The summed E-state index contributed by atoms with van der Waals surface area (Å²) in [6.45, 7) is 0.561. The minimum absolute atomic E-state index is 0.270. The molecule has 0 unspecified atom stereocenters. The Morgan fingerprint density at radius 2 is 2.04 bits per heavy atom. The van der Waals surface area contributed by atoms with Gasteiger partial charge in [0.15, 0.2) is 5.69 Å². The highest BCUT2D eigenvalue weighted by Gasteiger charge is 2.08. The first-order valence-electron chi connectivity index (χ1n) is 7.47. The molecule has 0 saturated heterocycles. The highest BCUT2D eigenvalue weighted by molar-refractivity contribution is 9.10. The van der Waals surface area contributed by atoms with Crippen LogP contribution in [0.25, 0.3) is 0 Å². The first-order valence-corrected chi connectivity index (χ1v) is 8.26. The Morgan fingerprint density at radius 3 is 2.80 bits per heavy atom. The maximum Gasteiger partial charge on any atom is 0.291 e. The number of rotatable bonds is 5. The van der Waals surface area contributed by atoms with Crippen molar-refractivity contribution < 1.29 is 9.18 Å². The van der Waals surface area contributed by atoms with E-state index < -0.39 is 5.91 Å². The SMILES string of the molecule is O=C(N/N=C\c1ccc(F)cc1)c1ccn(Cc2cccc(Br)c2)n1. The van der Waals surface area contributed by atoms with Crippen LogP contribution in [-0.4, -0.2) is 21.9 Å². The van der Waals surface area contributed by atoms with Crippen molar-refractivity contribution >= 4 is 28.1 Å². The third kappa shape index (κ3) is 4.84. The quantitative estimate of drug-likeness (QED) is 0.525. The van der Waals surface area contributed by atoms with Crippen LogP contribution >= 0.6 is 15.9 Å². The Balaban J connectivity index is 1.59. The van der Waals surface area contributed by atoms with Crippen LogP contribution in [-0.2, 0) is 6.54 Å². The first kappa shape index (κ1) is 17.0. The van der Waals surface area contributed by atoms with E-state index in [0.29, 0.717) is 12.1 Å². The predicted molar refractivity (Wildman–Crippen MR) is 96.9 cm³/mol. The van der Waals surface area contributed by atoms with Gasteiger partial charge in [-0.3, -0.25) is 9.48 Å². The second-order valence-electron chi connectivity index (χ2n) is 5.28. The van der Waals surface area contributed by atoms with Gasteiger partial charge < -0.3 is 0 Å². The second-order valence-corrected chi connectivity index (χ2v) is 6.19. The lowest BCUT2D eigenvalue weighted by Crippen LogP contribution is -2.18. The smallest absolute Gasteiger partial charge is 0.268 e. The monoisotopic (exact) mass is 400 g/mol. The lowest BCUT2D eigenvalue weighted by molar-refractivity contribution is 0.0949. The number of benzene rings is 2. The van der Waals surface area contributed by atoms with Gasteiger partial charge in [-0.05, 0) is 41.5 Å². The summed E-state index contributed by atoms with van der Waals surface area (Å²) in [6, 6.07) is 15.3. The van der Waals surface area contributed by atoms with Crippen molar-refractivity contribution in [3.05, 3.63) is 87.9 Å². The number of carbonyl (C=O) groups excluding carboxylic acids is 1. The van der Waals surface area contributed by atoms with Gasteiger partial charge in [0.1, 0.15) is 5.82 Å². The standard InChI is InChI=1S/C18H14BrFN4O/c19-15-3-1-2-14(10-15)12-24-9-8-17(23-24)18(25)22-21-11-13-4-6-16(20)7-5-13/h1-11H,12H2,(H,22,25)/b21-11-. The summed E-state index contributed by atoms with van der Waals surface area (Å²) < 4.78 is 15.5. The van der Waals surface area contributed by atoms with Crippen LogP contribution in [0.2, 0.25) is 0 Å². The lowest BCUT2D eigenvalue weighted by atomic mass is 10.2. The molecule has 1 N–H and O–H groups in total. The molecule has 3 aromatic rings. The van der Waals surface area contributed by atoms with Gasteiger partial charge in [0.2, 0.25) is 0 Å². The van der Waals surface area contributed by atoms with E-state index in [1.807, 2.05) is 24.3 Å². The highest BCUT2D eigenvalue weighted by atomic mass is 79.9. The fourth-order valence-electron chi connectivity index (χ4n) is 2.16. The summed E-state index contributed by atoms with van der Waals surface area (Å²) >= 11 is 3.43. The van der Waals surface area contributed by atoms with Crippen molar-refractivity contribution in [1.82, 2.24) is 15.2 Å². The van der Waals surface area contributed by atoms with Crippen LogP contribution in [0.1, 0.15) is 21.6 Å². The first-order chi connectivity index (χ1) is 12.1. The third-order valence-corrected chi connectivity index (χ3v) is 3.85. The zero-order valence-corrected chi connectivity index (χ0v) is 14.6. The molecule has 0 radical (unpaired) electrons. The summed E-state index contributed by atoms with van der Waals surface area (Å²) in [5.74, 6) is -0.733. The van der Waals surface area contributed by atoms with E-state index in [1.54, 1.807) is 29.1 Å². The number of hydrazone groups is 1. The number of nitrogens with one attached hydrogen (secondary N) is 1. The summed E-state index contributed by atoms with van der Waals surface area (Å²) in [5, 5.41) is 8.09. The Labute approximate surface area is 152 Å². The molecule has 1 heterocycles. The van der Waals surface area contributed by atoms with Crippen molar-refractivity contribution in [1.29, 1.82) is 0 Å². The molecule has 5 nitrogen and oxygen atoms in total. The fraction of sp³-hybridized carbons (Fsp3) is 0.0556. The maximum atomic E-state index is 12.8. The van der Waals surface area contributed by atoms with Gasteiger partial charge in [-0.25, -0.2) is 9.82 Å². The summed E-state index contributed by atoms with van der Waals surface area (Å²) in [7, 11) is 0. The van der Waals surface area contributed by atoms with Crippen LogP contribution < -0.4 is 5.43 Å². The number of amides is 1. The zero-order valence-electron chi connectivity index (χ0n) is 13.1. The Kier molecular flexibility index (Phi) is 5.35. The molecule has 1 aromatic heterocycles. The summed E-state index contributed by atoms with van der Waals surface area (Å²) in [6.07, 6.45) is 3.18. The van der Waals surface area contributed by atoms with Crippen molar-refractivity contribution in [2.75, 3.05) is 0 Å². The summed E-state index contributed by atoms with van der Waals surface area (Å²) in [5.41, 5.74) is 4.42.